The fourth-order valence-corrected chi connectivity index (χ4v) is 8.58. The molecule has 14 nitrogen and oxygen atoms in total. The molecule has 3 rings (SSSR count). The summed E-state index contributed by atoms with van der Waals surface area (Å²) in [6.07, 6.45) is -8.73. The molecule has 304 valence electrons. The quantitative estimate of drug-likeness (QED) is 0.266. The van der Waals surface area contributed by atoms with Crippen LogP contribution in [0.3, 0.4) is 0 Å². The van der Waals surface area contributed by atoms with E-state index in [1.54, 1.807) is 48.5 Å². The number of esters is 1. The molecule has 0 aromatic heterocycles. The second-order valence-electron chi connectivity index (χ2n) is 16.6. The summed E-state index contributed by atoms with van der Waals surface area (Å²) in [6, 6.07) is -0.283. The van der Waals surface area contributed by atoms with Crippen molar-refractivity contribution in [1.82, 2.24) is 4.90 Å². The molecule has 3 heterocycles. The number of rotatable bonds is 8. The van der Waals surface area contributed by atoms with Crippen molar-refractivity contribution in [2.45, 2.75) is 179 Å². The lowest BCUT2D eigenvalue weighted by Gasteiger charge is -2.50. The topological polar surface area (TPSA) is 183 Å². The van der Waals surface area contributed by atoms with Crippen LogP contribution in [0.4, 0.5) is 0 Å². The molecule has 3 saturated heterocycles. The number of likely N-dealkylation sites (N-methyl/N-ethyl adjacent to an activating group) is 1. The standard InChI is InChI=1S/C38H69NO13/c1-15-26-38(10,45)31(42)21(4)28(40)19(2)17-37(9,47-14)33(52-35-29(41)25(39(11)12)16-20(3)48-35)22(5)30(23(6)34(44)50-26)51-27-18-36(8,46-13)32(43)24(7)49-27/h19-27,29-33,35,41-43,45H,15-18H2,1-14H3/t19-,20-,21-,22+,23-,24+,25+,26+,27+,29-,30-,31-,32+,33-,35+,36-,37-,38-/m1/s1. The largest absolute Gasteiger partial charge is 0.459 e. The van der Waals surface area contributed by atoms with Gasteiger partial charge in [-0.2, -0.15) is 0 Å². The van der Waals surface area contributed by atoms with Gasteiger partial charge in [-0.05, 0) is 74.9 Å². The Morgan fingerprint density at radius 2 is 1.44 bits per heavy atom. The summed E-state index contributed by atoms with van der Waals surface area (Å²) in [5.41, 5.74) is -4.24. The average Bonchev–Trinajstić information content (AvgIpc) is 3.09. The van der Waals surface area contributed by atoms with Gasteiger partial charge in [-0.15, -0.1) is 0 Å². The number of cyclic esters (lactones) is 1. The van der Waals surface area contributed by atoms with Gasteiger partial charge in [0.2, 0.25) is 0 Å². The van der Waals surface area contributed by atoms with Gasteiger partial charge < -0.3 is 58.5 Å². The first-order valence-electron chi connectivity index (χ1n) is 18.9. The minimum Gasteiger partial charge on any atom is -0.459 e. The van der Waals surface area contributed by atoms with Crippen LogP contribution in [0.5, 0.6) is 0 Å². The zero-order valence-electron chi connectivity index (χ0n) is 33.9. The lowest BCUT2D eigenvalue weighted by atomic mass is 9.74. The molecule has 18 atom stereocenters. The monoisotopic (exact) mass is 747 g/mol. The van der Waals surface area contributed by atoms with Gasteiger partial charge in [0.25, 0.3) is 0 Å². The molecule has 52 heavy (non-hydrogen) atoms. The summed E-state index contributed by atoms with van der Waals surface area (Å²) < 4.78 is 43.9. The van der Waals surface area contributed by atoms with Gasteiger partial charge in [0.15, 0.2) is 12.6 Å². The molecule has 3 aliphatic heterocycles. The maximum absolute atomic E-state index is 14.2. The Labute approximate surface area is 310 Å². The molecule has 14 heteroatoms. The Morgan fingerprint density at radius 3 is 1.98 bits per heavy atom. The molecule has 4 N–H and O–H groups in total. The van der Waals surface area contributed by atoms with Crippen LogP contribution in [0.1, 0.15) is 94.9 Å². The van der Waals surface area contributed by atoms with Crippen LogP contribution >= 0.6 is 0 Å². The molecule has 0 aliphatic carbocycles. The molecule has 0 saturated carbocycles. The van der Waals surface area contributed by atoms with Crippen LogP contribution in [-0.2, 0) is 42.7 Å². The second-order valence-corrected chi connectivity index (χ2v) is 16.6. The number of nitrogens with zero attached hydrogens (tertiary/aromatic N) is 1. The van der Waals surface area contributed by atoms with Crippen molar-refractivity contribution in [3.63, 3.8) is 0 Å². The van der Waals surface area contributed by atoms with Crippen LogP contribution in [0.2, 0.25) is 0 Å². The number of methoxy groups -OCH3 is 2. The predicted molar refractivity (Wildman–Crippen MR) is 191 cm³/mol. The van der Waals surface area contributed by atoms with Gasteiger partial charge in [-0.1, -0.05) is 27.7 Å². The van der Waals surface area contributed by atoms with Crippen molar-refractivity contribution in [2.75, 3.05) is 28.3 Å². The van der Waals surface area contributed by atoms with E-state index in [0.717, 1.165) is 0 Å². The number of carbonyl (C=O) groups is 2. The van der Waals surface area contributed by atoms with E-state index in [1.807, 2.05) is 32.8 Å². The first-order chi connectivity index (χ1) is 24.0. The van der Waals surface area contributed by atoms with E-state index in [9.17, 15) is 30.0 Å². The molecule has 0 aromatic rings. The Kier molecular flexibility index (Phi) is 15.3. The fraction of sp³-hybridized carbons (Fsp3) is 0.947. The Morgan fingerprint density at radius 1 is 0.846 bits per heavy atom. The number of aliphatic hydroxyl groups excluding tert-OH is 3. The highest BCUT2D eigenvalue weighted by molar-refractivity contribution is 5.83. The molecule has 0 aromatic carbocycles. The summed E-state index contributed by atoms with van der Waals surface area (Å²) in [4.78, 5) is 30.1. The first kappa shape index (κ1) is 45.1. The third-order valence-electron chi connectivity index (χ3n) is 12.3. The lowest BCUT2D eigenvalue weighted by molar-refractivity contribution is -0.319. The highest BCUT2D eigenvalue weighted by Crippen LogP contribution is 2.41. The molecular weight excluding hydrogens is 678 g/mol. The van der Waals surface area contributed by atoms with Crippen molar-refractivity contribution in [3.8, 4) is 0 Å². The van der Waals surface area contributed by atoms with Crippen LogP contribution in [0, 0.1) is 23.7 Å². The van der Waals surface area contributed by atoms with E-state index in [1.165, 1.54) is 21.1 Å². The maximum atomic E-state index is 14.2. The van der Waals surface area contributed by atoms with E-state index in [2.05, 4.69) is 0 Å². The van der Waals surface area contributed by atoms with Crippen LogP contribution in [0.15, 0.2) is 0 Å². The van der Waals surface area contributed by atoms with Gasteiger partial charge in [0, 0.05) is 44.4 Å². The van der Waals surface area contributed by atoms with Crippen molar-refractivity contribution >= 4 is 11.8 Å². The fourth-order valence-electron chi connectivity index (χ4n) is 8.58. The molecule has 3 fully saturated rings. The van der Waals surface area contributed by atoms with Gasteiger partial charge in [-0.25, -0.2) is 0 Å². The molecular formula is C38H69NO13. The van der Waals surface area contributed by atoms with Crippen molar-refractivity contribution in [1.29, 1.82) is 0 Å². The third-order valence-corrected chi connectivity index (χ3v) is 12.3. The van der Waals surface area contributed by atoms with Gasteiger partial charge >= 0.3 is 5.97 Å². The molecule has 3 aliphatic rings. The summed E-state index contributed by atoms with van der Waals surface area (Å²) in [6.45, 7) is 17.1. The molecule has 0 spiro atoms. The van der Waals surface area contributed by atoms with Crippen molar-refractivity contribution < 1.29 is 63.2 Å². The Hall–Kier alpha value is -1.30. The van der Waals surface area contributed by atoms with E-state index in [4.69, 9.17) is 33.2 Å². The molecule has 0 radical (unpaired) electrons. The normalized spacial score (nSPS) is 49.0. The smallest absolute Gasteiger partial charge is 0.311 e. The maximum Gasteiger partial charge on any atom is 0.311 e. The minimum absolute atomic E-state index is 0.111. The van der Waals surface area contributed by atoms with Gasteiger partial charge in [0.1, 0.15) is 29.7 Å². The van der Waals surface area contributed by atoms with Crippen molar-refractivity contribution in [2.24, 2.45) is 23.7 Å². The number of Topliss-reactive ketones (excluding diaryl/α,β-unsaturated/α-hetero) is 1. The van der Waals surface area contributed by atoms with Crippen LogP contribution in [-0.4, -0.2) is 150 Å². The number of hydrogen-bond acceptors (Lipinski definition) is 14. The van der Waals surface area contributed by atoms with Gasteiger partial charge in [-0.3, -0.25) is 9.59 Å². The van der Waals surface area contributed by atoms with Crippen molar-refractivity contribution in [3.05, 3.63) is 0 Å². The number of ether oxygens (including phenoxy) is 7. The average molecular weight is 748 g/mol. The lowest BCUT2D eigenvalue weighted by Crippen LogP contribution is -2.61. The summed E-state index contributed by atoms with van der Waals surface area (Å²) in [7, 11) is 6.77. The van der Waals surface area contributed by atoms with E-state index in [0.29, 0.717) is 6.42 Å². The Balaban J connectivity index is 2.22. The van der Waals surface area contributed by atoms with Crippen LogP contribution < -0.4 is 0 Å². The first-order valence-corrected chi connectivity index (χ1v) is 18.9. The van der Waals surface area contributed by atoms with E-state index < -0.39 is 102 Å². The summed E-state index contributed by atoms with van der Waals surface area (Å²) >= 11 is 0. The van der Waals surface area contributed by atoms with E-state index >= 15 is 0 Å². The summed E-state index contributed by atoms with van der Waals surface area (Å²) in [5.74, 6) is -4.47. The SMILES string of the molecule is CC[C@@H]1OC(=O)[C@H](C)[C@H](O[C@H]2C[C@@](C)(OC)[C@@H](O)[C@H](C)O2)[C@H](C)[C@@H](O[C@@H]2O[C@H](C)C[C@H](N(C)C)[C@H]2O)[C@](C)(OC)C[C@@H](C)C(=O)[C@@H](C)[C@@H](O)[C@]1(C)O. The van der Waals surface area contributed by atoms with Crippen LogP contribution in [0.25, 0.3) is 0 Å². The molecule has 0 bridgehead atoms. The number of hydrogen-bond donors (Lipinski definition) is 4. The zero-order chi connectivity index (χ0) is 39.7. The highest BCUT2D eigenvalue weighted by atomic mass is 16.7. The number of aliphatic hydroxyl groups is 4. The predicted octanol–water partition coefficient (Wildman–Crippen LogP) is 2.44. The number of ketones is 1. The highest BCUT2D eigenvalue weighted by Gasteiger charge is 2.54. The number of carbonyl (C=O) groups excluding carboxylic acids is 2. The van der Waals surface area contributed by atoms with Gasteiger partial charge in [0.05, 0.1) is 47.6 Å². The summed E-state index contributed by atoms with van der Waals surface area (Å²) in [5, 5.41) is 45.6. The zero-order valence-corrected chi connectivity index (χ0v) is 33.9. The van der Waals surface area contributed by atoms with E-state index in [-0.39, 0.29) is 37.2 Å². The molecule has 0 amide bonds. The second kappa shape index (κ2) is 17.7. The Bertz CT molecular complexity index is 1190. The molecule has 0 unspecified atom stereocenters. The minimum atomic E-state index is -1.96. The third kappa shape index (κ3) is 9.38.